The molecule has 0 aromatic rings. The maximum Gasteiger partial charge on any atom is 0.0790 e. The molecular formula is C23H40N+. The average Bonchev–Trinajstić information content (AvgIpc) is 2.55. The summed E-state index contributed by atoms with van der Waals surface area (Å²) in [5, 5.41) is 0. The summed E-state index contributed by atoms with van der Waals surface area (Å²) < 4.78 is 1.27. The molecule has 3 atom stereocenters. The molecule has 0 spiro atoms. The summed E-state index contributed by atoms with van der Waals surface area (Å²) in [4.78, 5) is 0. The Morgan fingerprint density at radius 3 is 2.62 bits per heavy atom. The van der Waals surface area contributed by atoms with Crippen molar-refractivity contribution in [3.05, 3.63) is 34.9 Å². The molecule has 1 aliphatic carbocycles. The van der Waals surface area contributed by atoms with Gasteiger partial charge in [-0.2, -0.15) is 0 Å². The Kier molecular flexibility index (Phi) is 7.34. The van der Waals surface area contributed by atoms with E-state index < -0.39 is 0 Å². The van der Waals surface area contributed by atoms with Crippen LogP contribution >= 0.6 is 0 Å². The largest absolute Gasteiger partial charge is 0.326 e. The van der Waals surface area contributed by atoms with Gasteiger partial charge in [-0.3, -0.25) is 0 Å². The van der Waals surface area contributed by atoms with Gasteiger partial charge < -0.3 is 4.48 Å². The molecule has 1 saturated heterocycles. The Morgan fingerprint density at radius 1 is 1.08 bits per heavy atom. The van der Waals surface area contributed by atoms with Crippen molar-refractivity contribution in [1.29, 1.82) is 0 Å². The van der Waals surface area contributed by atoms with Crippen LogP contribution in [0.2, 0.25) is 0 Å². The smallest absolute Gasteiger partial charge is 0.0790 e. The standard InChI is InChI=1S/C23H40N/c1-6-24(5)16-8-7-12-22(15-17-24)23-14-13-21(4)20(3)11-9-10-19(2)18-23/h11,14,18,21-22H,6-10,12-13,15-17H2,1-5H3/q+1. The normalized spacial score (nSPS) is 33.6. The highest BCUT2D eigenvalue weighted by Gasteiger charge is 2.25. The maximum atomic E-state index is 2.58. The molecule has 0 radical (unpaired) electrons. The molecule has 0 aromatic heterocycles. The predicted molar refractivity (Wildman–Crippen MR) is 107 cm³/mol. The van der Waals surface area contributed by atoms with Crippen molar-refractivity contribution in [3.63, 3.8) is 0 Å². The molecule has 24 heavy (non-hydrogen) atoms. The van der Waals surface area contributed by atoms with Gasteiger partial charge in [0, 0.05) is 6.42 Å². The van der Waals surface area contributed by atoms with E-state index in [-0.39, 0.29) is 0 Å². The van der Waals surface area contributed by atoms with E-state index in [2.05, 4.69) is 53.0 Å². The maximum absolute atomic E-state index is 2.58. The molecule has 0 amide bonds. The molecule has 1 fully saturated rings. The van der Waals surface area contributed by atoms with Gasteiger partial charge in [-0.05, 0) is 76.7 Å². The van der Waals surface area contributed by atoms with Crippen LogP contribution in [0.1, 0.15) is 72.6 Å². The van der Waals surface area contributed by atoms with Gasteiger partial charge in [0.25, 0.3) is 0 Å². The Bertz CT molecular complexity index is 496. The zero-order valence-electron chi connectivity index (χ0n) is 16.9. The summed E-state index contributed by atoms with van der Waals surface area (Å²) in [6, 6.07) is 0. The summed E-state index contributed by atoms with van der Waals surface area (Å²) >= 11 is 0. The quantitative estimate of drug-likeness (QED) is 0.413. The van der Waals surface area contributed by atoms with Gasteiger partial charge in [0.15, 0.2) is 0 Å². The van der Waals surface area contributed by atoms with Crippen molar-refractivity contribution in [3.8, 4) is 0 Å². The van der Waals surface area contributed by atoms with Crippen LogP contribution in [0.3, 0.4) is 0 Å². The second kappa shape index (κ2) is 9.04. The monoisotopic (exact) mass is 330 g/mol. The lowest BCUT2D eigenvalue weighted by Gasteiger charge is -2.37. The fraction of sp³-hybridized carbons (Fsp3) is 0.739. The van der Waals surface area contributed by atoms with Crippen molar-refractivity contribution in [2.75, 3.05) is 26.7 Å². The van der Waals surface area contributed by atoms with Crippen molar-refractivity contribution < 1.29 is 4.48 Å². The minimum Gasteiger partial charge on any atom is -0.326 e. The topological polar surface area (TPSA) is 0 Å². The number of rotatable bonds is 2. The third-order valence-corrected chi connectivity index (χ3v) is 6.66. The van der Waals surface area contributed by atoms with Gasteiger partial charge >= 0.3 is 0 Å². The van der Waals surface area contributed by atoms with Gasteiger partial charge in [-0.15, -0.1) is 0 Å². The van der Waals surface area contributed by atoms with Crippen LogP contribution in [0, 0.1) is 11.8 Å². The molecular weight excluding hydrogens is 290 g/mol. The van der Waals surface area contributed by atoms with E-state index in [4.69, 9.17) is 0 Å². The molecule has 2 aliphatic rings. The minimum absolute atomic E-state index is 0.692. The molecule has 0 bridgehead atoms. The van der Waals surface area contributed by atoms with Crippen LogP contribution in [0.25, 0.3) is 0 Å². The fourth-order valence-corrected chi connectivity index (χ4v) is 4.19. The number of allylic oxidation sites excluding steroid dienone is 6. The number of nitrogens with zero attached hydrogens (tertiary/aromatic N) is 1. The summed E-state index contributed by atoms with van der Waals surface area (Å²) in [6.45, 7) is 13.4. The van der Waals surface area contributed by atoms with E-state index in [1.165, 1.54) is 69.1 Å². The molecule has 136 valence electrons. The van der Waals surface area contributed by atoms with Gasteiger partial charge in [0.2, 0.25) is 0 Å². The first-order valence-electron chi connectivity index (χ1n) is 10.3. The van der Waals surface area contributed by atoms with Crippen molar-refractivity contribution in [1.82, 2.24) is 0 Å². The zero-order valence-corrected chi connectivity index (χ0v) is 16.9. The highest BCUT2D eigenvalue weighted by atomic mass is 15.3. The number of likely N-dealkylation sites (tertiary alicyclic amines) is 1. The Morgan fingerprint density at radius 2 is 1.88 bits per heavy atom. The lowest BCUT2D eigenvalue weighted by atomic mass is 9.84. The molecule has 3 unspecified atom stereocenters. The Hall–Kier alpha value is -0.820. The highest BCUT2D eigenvalue weighted by molar-refractivity contribution is 5.27. The van der Waals surface area contributed by atoms with E-state index in [0.29, 0.717) is 5.92 Å². The van der Waals surface area contributed by atoms with E-state index in [1.807, 2.05) is 0 Å². The SMILES string of the molecule is CC[N+]1(C)CCCCC(C2=CCC(C)C(C)=CCCC(C)=C2)CC1. The lowest BCUT2D eigenvalue weighted by molar-refractivity contribution is -0.909. The van der Waals surface area contributed by atoms with Crippen LogP contribution in [0.5, 0.6) is 0 Å². The van der Waals surface area contributed by atoms with Crippen LogP contribution < -0.4 is 0 Å². The fourth-order valence-electron chi connectivity index (χ4n) is 4.19. The molecule has 1 heterocycles. The van der Waals surface area contributed by atoms with Crippen LogP contribution in [-0.2, 0) is 0 Å². The van der Waals surface area contributed by atoms with Crippen molar-refractivity contribution >= 4 is 0 Å². The van der Waals surface area contributed by atoms with Crippen molar-refractivity contribution in [2.45, 2.75) is 72.6 Å². The summed E-state index contributed by atoms with van der Waals surface area (Å²) in [5.41, 5.74) is 4.79. The van der Waals surface area contributed by atoms with E-state index in [9.17, 15) is 0 Å². The lowest BCUT2D eigenvalue weighted by Crippen LogP contribution is -2.46. The summed E-state index contributed by atoms with van der Waals surface area (Å²) in [6.07, 6.45) is 16.8. The second-order valence-electron chi connectivity index (χ2n) is 8.68. The highest BCUT2D eigenvalue weighted by Crippen LogP contribution is 2.31. The predicted octanol–water partition coefficient (Wildman–Crippen LogP) is 6.28. The third kappa shape index (κ3) is 5.62. The first-order valence-corrected chi connectivity index (χ1v) is 10.3. The molecule has 0 N–H and O–H groups in total. The zero-order chi connectivity index (χ0) is 17.6. The van der Waals surface area contributed by atoms with Crippen molar-refractivity contribution in [2.24, 2.45) is 11.8 Å². The third-order valence-electron chi connectivity index (χ3n) is 6.66. The van der Waals surface area contributed by atoms with E-state index in [0.717, 1.165) is 5.92 Å². The summed E-state index contributed by atoms with van der Waals surface area (Å²) in [5.74, 6) is 1.47. The van der Waals surface area contributed by atoms with Crippen LogP contribution in [0.4, 0.5) is 0 Å². The Labute approximate surface area is 151 Å². The van der Waals surface area contributed by atoms with Gasteiger partial charge in [-0.1, -0.05) is 36.3 Å². The summed E-state index contributed by atoms with van der Waals surface area (Å²) in [7, 11) is 2.46. The molecule has 1 nitrogen and oxygen atoms in total. The molecule has 1 heteroatoms. The second-order valence-corrected chi connectivity index (χ2v) is 8.68. The van der Waals surface area contributed by atoms with E-state index in [1.54, 1.807) is 16.7 Å². The van der Waals surface area contributed by atoms with Gasteiger partial charge in [0.1, 0.15) is 0 Å². The number of hydrogen-bond acceptors (Lipinski definition) is 0. The van der Waals surface area contributed by atoms with Crippen LogP contribution in [-0.4, -0.2) is 31.2 Å². The number of hydrogen-bond donors (Lipinski definition) is 0. The molecule has 0 aromatic carbocycles. The van der Waals surface area contributed by atoms with E-state index >= 15 is 0 Å². The van der Waals surface area contributed by atoms with Crippen LogP contribution in [0.15, 0.2) is 34.9 Å². The first kappa shape index (κ1) is 19.5. The van der Waals surface area contributed by atoms with Gasteiger partial charge in [0.05, 0.1) is 26.7 Å². The molecule has 1 aliphatic heterocycles. The number of quaternary nitrogens is 1. The molecule has 2 rings (SSSR count). The minimum atomic E-state index is 0.692. The first-order chi connectivity index (χ1) is 11.4. The average molecular weight is 331 g/mol. The molecule has 0 saturated carbocycles. The Balaban J connectivity index is 2.18. The van der Waals surface area contributed by atoms with Gasteiger partial charge in [-0.25, -0.2) is 0 Å².